The highest BCUT2D eigenvalue weighted by Crippen LogP contribution is 2.18. The highest BCUT2D eigenvalue weighted by Gasteiger charge is 2.27. The lowest BCUT2D eigenvalue weighted by molar-refractivity contribution is 0.0657. The smallest absolute Gasteiger partial charge is 0.270 e. The number of rotatable bonds is 3. The van der Waals surface area contributed by atoms with Gasteiger partial charge < -0.3 is 18.8 Å². The Morgan fingerprint density at radius 2 is 2.29 bits per heavy atom. The molecule has 0 saturated heterocycles. The second kappa shape index (κ2) is 5.73. The number of hydrogen-bond donors (Lipinski definition) is 0. The zero-order valence-electron chi connectivity index (χ0n) is 12.4. The summed E-state index contributed by atoms with van der Waals surface area (Å²) in [5.74, 6) is 1.24. The Morgan fingerprint density at radius 1 is 1.43 bits per heavy atom. The first-order valence-electron chi connectivity index (χ1n) is 7.08. The van der Waals surface area contributed by atoms with Crippen molar-refractivity contribution in [3.05, 3.63) is 42.2 Å². The third-order valence-corrected chi connectivity index (χ3v) is 3.92. The van der Waals surface area contributed by atoms with Gasteiger partial charge in [0.25, 0.3) is 5.91 Å². The summed E-state index contributed by atoms with van der Waals surface area (Å²) in [6.45, 7) is 2.69. The third-order valence-electron chi connectivity index (χ3n) is 3.92. The van der Waals surface area contributed by atoms with Crippen LogP contribution in [0, 0.1) is 5.92 Å². The monoisotopic (exact) mass is 288 g/mol. The van der Waals surface area contributed by atoms with E-state index in [-0.39, 0.29) is 11.8 Å². The van der Waals surface area contributed by atoms with Crippen molar-refractivity contribution in [1.29, 1.82) is 0 Å². The number of nitrogens with zero attached hydrogens (tertiary/aromatic N) is 4. The van der Waals surface area contributed by atoms with Crippen molar-refractivity contribution < 1.29 is 9.53 Å². The van der Waals surface area contributed by atoms with Crippen LogP contribution in [0.1, 0.15) is 16.3 Å². The lowest BCUT2D eigenvalue weighted by atomic mass is 10.1. The van der Waals surface area contributed by atoms with Gasteiger partial charge >= 0.3 is 0 Å². The van der Waals surface area contributed by atoms with Crippen molar-refractivity contribution in [1.82, 2.24) is 19.0 Å². The number of ether oxygens (including phenoxy) is 1. The van der Waals surface area contributed by atoms with E-state index in [9.17, 15) is 4.79 Å². The van der Waals surface area contributed by atoms with E-state index < -0.39 is 0 Å². The standard InChI is InChI=1S/C15H20N4O2/c1-17-6-3-4-13(17)15(20)19-9-12(11-21-2)8-18-7-5-16-14(18)10-19/h3-7,12H,8-11H2,1-2H3/t12-/m0/s1. The van der Waals surface area contributed by atoms with Crippen LogP contribution in [0.3, 0.4) is 0 Å². The molecule has 6 nitrogen and oxygen atoms in total. The molecule has 1 aliphatic heterocycles. The van der Waals surface area contributed by atoms with Gasteiger partial charge in [0.15, 0.2) is 0 Å². The van der Waals surface area contributed by atoms with Gasteiger partial charge in [-0.15, -0.1) is 0 Å². The minimum atomic E-state index is 0.0417. The molecule has 2 aromatic heterocycles. The molecule has 0 saturated carbocycles. The van der Waals surface area contributed by atoms with E-state index in [4.69, 9.17) is 4.74 Å². The predicted molar refractivity (Wildman–Crippen MR) is 77.7 cm³/mol. The molecule has 3 heterocycles. The normalized spacial score (nSPS) is 18.4. The molecule has 1 aliphatic rings. The molecule has 0 unspecified atom stereocenters. The summed E-state index contributed by atoms with van der Waals surface area (Å²) < 4.78 is 9.26. The first-order valence-corrected chi connectivity index (χ1v) is 7.08. The Hall–Kier alpha value is -2.08. The van der Waals surface area contributed by atoms with Crippen molar-refractivity contribution in [2.75, 3.05) is 20.3 Å². The van der Waals surface area contributed by atoms with Gasteiger partial charge in [-0.25, -0.2) is 4.98 Å². The fourth-order valence-electron chi connectivity index (χ4n) is 2.88. The molecule has 1 atom stereocenters. The van der Waals surface area contributed by atoms with Crippen molar-refractivity contribution in [2.24, 2.45) is 13.0 Å². The van der Waals surface area contributed by atoms with Crippen LogP contribution in [-0.2, 0) is 24.9 Å². The van der Waals surface area contributed by atoms with E-state index in [0.29, 0.717) is 25.4 Å². The van der Waals surface area contributed by atoms with Gasteiger partial charge in [-0.3, -0.25) is 4.79 Å². The SMILES string of the molecule is COC[C@@H]1CN(C(=O)c2cccn2C)Cc2nccn2C1. The molecule has 21 heavy (non-hydrogen) atoms. The first kappa shape index (κ1) is 13.9. The minimum Gasteiger partial charge on any atom is -0.384 e. The Labute approximate surface area is 123 Å². The Balaban J connectivity index is 1.87. The molecule has 3 rings (SSSR count). The highest BCUT2D eigenvalue weighted by molar-refractivity contribution is 5.92. The van der Waals surface area contributed by atoms with Crippen LogP contribution in [0.25, 0.3) is 0 Å². The van der Waals surface area contributed by atoms with Crippen LogP contribution >= 0.6 is 0 Å². The number of imidazole rings is 1. The summed E-state index contributed by atoms with van der Waals surface area (Å²) >= 11 is 0. The average Bonchev–Trinajstić information content (AvgIpc) is 3.03. The number of carbonyl (C=O) groups excluding carboxylic acids is 1. The molecular formula is C15H20N4O2. The number of methoxy groups -OCH3 is 1. The number of fused-ring (bicyclic) bond motifs is 1. The van der Waals surface area contributed by atoms with Crippen LogP contribution < -0.4 is 0 Å². The van der Waals surface area contributed by atoms with E-state index in [1.165, 1.54) is 0 Å². The fraction of sp³-hybridized carbons (Fsp3) is 0.467. The Bertz CT molecular complexity index is 631. The quantitative estimate of drug-likeness (QED) is 0.851. The van der Waals surface area contributed by atoms with Gasteiger partial charge in [-0.05, 0) is 12.1 Å². The first-order chi connectivity index (χ1) is 10.2. The number of carbonyl (C=O) groups is 1. The molecule has 112 valence electrons. The molecule has 2 aromatic rings. The second-order valence-corrected chi connectivity index (χ2v) is 5.51. The molecule has 0 bridgehead atoms. The lowest BCUT2D eigenvalue weighted by Gasteiger charge is -2.23. The van der Waals surface area contributed by atoms with Gasteiger partial charge in [0, 0.05) is 51.8 Å². The highest BCUT2D eigenvalue weighted by atomic mass is 16.5. The zero-order chi connectivity index (χ0) is 14.8. The lowest BCUT2D eigenvalue weighted by Crippen LogP contribution is -2.36. The molecule has 1 amide bonds. The van der Waals surface area contributed by atoms with E-state index in [2.05, 4.69) is 9.55 Å². The minimum absolute atomic E-state index is 0.0417. The number of aromatic nitrogens is 3. The van der Waals surface area contributed by atoms with E-state index in [1.54, 1.807) is 13.3 Å². The summed E-state index contributed by atoms with van der Waals surface area (Å²) in [6.07, 6.45) is 5.64. The molecule has 0 aliphatic carbocycles. The number of hydrogen-bond acceptors (Lipinski definition) is 3. The molecule has 0 fully saturated rings. The van der Waals surface area contributed by atoms with Gasteiger partial charge in [-0.1, -0.05) is 0 Å². The van der Waals surface area contributed by atoms with Crippen molar-refractivity contribution in [3.63, 3.8) is 0 Å². The number of aryl methyl sites for hydroxylation is 1. The van der Waals surface area contributed by atoms with Gasteiger partial charge in [0.05, 0.1) is 13.2 Å². The van der Waals surface area contributed by atoms with E-state index in [0.717, 1.165) is 12.4 Å². The molecule has 0 aromatic carbocycles. The third kappa shape index (κ3) is 2.71. The topological polar surface area (TPSA) is 52.3 Å². The molecular weight excluding hydrogens is 268 g/mol. The van der Waals surface area contributed by atoms with Crippen LogP contribution in [0.15, 0.2) is 30.7 Å². The van der Waals surface area contributed by atoms with Crippen molar-refractivity contribution >= 4 is 5.91 Å². The van der Waals surface area contributed by atoms with Crippen LogP contribution in [-0.4, -0.2) is 45.2 Å². The number of amides is 1. The van der Waals surface area contributed by atoms with Gasteiger partial charge in [0.2, 0.25) is 0 Å². The summed E-state index contributed by atoms with van der Waals surface area (Å²) in [7, 11) is 3.59. The summed E-state index contributed by atoms with van der Waals surface area (Å²) in [6, 6.07) is 3.74. The Kier molecular flexibility index (Phi) is 3.79. The largest absolute Gasteiger partial charge is 0.384 e. The molecule has 6 heteroatoms. The van der Waals surface area contributed by atoms with Crippen LogP contribution in [0.2, 0.25) is 0 Å². The van der Waals surface area contributed by atoms with Crippen LogP contribution in [0.4, 0.5) is 0 Å². The predicted octanol–water partition coefficient (Wildman–Crippen LogP) is 1.14. The average molecular weight is 288 g/mol. The van der Waals surface area contributed by atoms with Gasteiger partial charge in [-0.2, -0.15) is 0 Å². The maximum Gasteiger partial charge on any atom is 0.270 e. The molecule has 0 spiro atoms. The van der Waals surface area contributed by atoms with E-state index in [1.807, 2.05) is 41.0 Å². The second-order valence-electron chi connectivity index (χ2n) is 5.51. The summed E-state index contributed by atoms with van der Waals surface area (Å²) in [4.78, 5) is 19.0. The zero-order valence-corrected chi connectivity index (χ0v) is 12.4. The van der Waals surface area contributed by atoms with E-state index >= 15 is 0 Å². The van der Waals surface area contributed by atoms with Gasteiger partial charge in [0.1, 0.15) is 11.5 Å². The molecule has 0 radical (unpaired) electrons. The molecule has 0 N–H and O–H groups in total. The van der Waals surface area contributed by atoms with Crippen molar-refractivity contribution in [3.8, 4) is 0 Å². The maximum atomic E-state index is 12.7. The van der Waals surface area contributed by atoms with Crippen molar-refractivity contribution in [2.45, 2.75) is 13.1 Å². The van der Waals surface area contributed by atoms with Crippen LogP contribution in [0.5, 0.6) is 0 Å². The summed E-state index contributed by atoms with van der Waals surface area (Å²) in [5.41, 5.74) is 0.700. The fourth-order valence-corrected chi connectivity index (χ4v) is 2.88. The summed E-state index contributed by atoms with van der Waals surface area (Å²) in [5, 5.41) is 0. The maximum absolute atomic E-state index is 12.7. The Morgan fingerprint density at radius 3 is 3.00 bits per heavy atom.